The molecule has 0 bridgehead atoms. The van der Waals surface area contributed by atoms with Gasteiger partial charge in [-0.1, -0.05) is 18.9 Å². The van der Waals surface area contributed by atoms with Crippen LogP contribution in [0.25, 0.3) is 0 Å². The van der Waals surface area contributed by atoms with E-state index in [9.17, 15) is 13.2 Å². The molecule has 1 fully saturated rings. The van der Waals surface area contributed by atoms with Crippen LogP contribution in [-0.4, -0.2) is 39.4 Å². The van der Waals surface area contributed by atoms with Crippen LogP contribution in [0.15, 0.2) is 23.1 Å². The third kappa shape index (κ3) is 3.63. The molecule has 1 N–H and O–H groups in total. The minimum Gasteiger partial charge on any atom is -0.345 e. The summed E-state index contributed by atoms with van der Waals surface area (Å²) in [6.07, 6.45) is 3.89. The summed E-state index contributed by atoms with van der Waals surface area (Å²) in [5.41, 5.74) is 1.04. The first-order valence-electron chi connectivity index (χ1n) is 7.16. The Morgan fingerprint density at radius 2 is 1.86 bits per heavy atom. The van der Waals surface area contributed by atoms with E-state index in [1.807, 2.05) is 0 Å². The van der Waals surface area contributed by atoms with Crippen molar-refractivity contribution in [3.05, 3.63) is 29.3 Å². The zero-order valence-corrected chi connectivity index (χ0v) is 13.5. The van der Waals surface area contributed by atoms with Gasteiger partial charge in [-0.05, 0) is 37.5 Å². The first-order chi connectivity index (χ1) is 9.81. The van der Waals surface area contributed by atoms with Crippen molar-refractivity contribution in [2.45, 2.75) is 43.5 Å². The summed E-state index contributed by atoms with van der Waals surface area (Å²) in [6.45, 7) is 1.74. The molecule has 0 unspecified atom stereocenters. The molecular weight excluding hydrogens is 288 g/mol. The average Bonchev–Trinajstić information content (AvgIpc) is 2.90. The number of aryl methyl sites for hydroxylation is 1. The van der Waals surface area contributed by atoms with E-state index in [1.165, 1.54) is 11.0 Å². The van der Waals surface area contributed by atoms with Crippen molar-refractivity contribution in [2.24, 2.45) is 0 Å². The maximum absolute atomic E-state index is 12.5. The zero-order chi connectivity index (χ0) is 15.6. The SMILES string of the molecule is Cc1ccc(C(=O)N(C)C)cc1S(=O)(=O)NC1CCCC1. The van der Waals surface area contributed by atoms with Crippen LogP contribution in [-0.2, 0) is 10.0 Å². The predicted octanol–water partition coefficient (Wildman–Crippen LogP) is 1.92. The highest BCUT2D eigenvalue weighted by Gasteiger charge is 2.25. The fraction of sp³-hybridized carbons (Fsp3) is 0.533. The number of amides is 1. The van der Waals surface area contributed by atoms with Crippen LogP contribution < -0.4 is 4.72 Å². The second-order valence-electron chi connectivity index (χ2n) is 5.78. The van der Waals surface area contributed by atoms with Gasteiger partial charge in [0.1, 0.15) is 0 Å². The van der Waals surface area contributed by atoms with E-state index < -0.39 is 10.0 Å². The van der Waals surface area contributed by atoms with E-state index in [0.717, 1.165) is 25.7 Å². The van der Waals surface area contributed by atoms with Crippen molar-refractivity contribution in [1.82, 2.24) is 9.62 Å². The molecule has 0 spiro atoms. The Balaban J connectivity index is 2.33. The maximum Gasteiger partial charge on any atom is 0.253 e. The van der Waals surface area contributed by atoms with Crippen molar-refractivity contribution in [1.29, 1.82) is 0 Å². The third-order valence-electron chi connectivity index (χ3n) is 3.81. The van der Waals surface area contributed by atoms with Crippen LogP contribution in [0.5, 0.6) is 0 Å². The van der Waals surface area contributed by atoms with Gasteiger partial charge in [-0.25, -0.2) is 13.1 Å². The molecule has 0 aliphatic heterocycles. The number of carbonyl (C=O) groups excluding carboxylic acids is 1. The average molecular weight is 310 g/mol. The summed E-state index contributed by atoms with van der Waals surface area (Å²) < 4.78 is 27.8. The van der Waals surface area contributed by atoms with Crippen molar-refractivity contribution in [2.75, 3.05) is 14.1 Å². The van der Waals surface area contributed by atoms with E-state index in [0.29, 0.717) is 11.1 Å². The number of carbonyl (C=O) groups is 1. The normalized spacial score (nSPS) is 16.1. The van der Waals surface area contributed by atoms with Gasteiger partial charge in [0.15, 0.2) is 0 Å². The van der Waals surface area contributed by atoms with Crippen LogP contribution in [0.4, 0.5) is 0 Å². The lowest BCUT2D eigenvalue weighted by atomic mass is 10.1. The smallest absolute Gasteiger partial charge is 0.253 e. The first kappa shape index (κ1) is 16.0. The number of nitrogens with zero attached hydrogens (tertiary/aromatic N) is 1. The Morgan fingerprint density at radius 3 is 2.43 bits per heavy atom. The van der Waals surface area contributed by atoms with Gasteiger partial charge in [0.25, 0.3) is 5.91 Å². The monoisotopic (exact) mass is 310 g/mol. The fourth-order valence-electron chi connectivity index (χ4n) is 2.61. The Bertz CT molecular complexity index is 632. The number of sulfonamides is 1. The molecule has 1 saturated carbocycles. The standard InChI is InChI=1S/C15H22N2O3S/c1-11-8-9-12(15(18)17(2)3)10-14(11)21(19,20)16-13-6-4-5-7-13/h8-10,13,16H,4-7H2,1-3H3. The van der Waals surface area contributed by atoms with Crippen LogP contribution in [0.2, 0.25) is 0 Å². The number of rotatable bonds is 4. The highest BCUT2D eigenvalue weighted by atomic mass is 32.2. The molecule has 6 heteroatoms. The van der Waals surface area contributed by atoms with Crippen molar-refractivity contribution in [3.8, 4) is 0 Å². The van der Waals surface area contributed by atoms with Gasteiger partial charge in [-0.2, -0.15) is 0 Å². The molecular formula is C15H22N2O3S. The molecule has 21 heavy (non-hydrogen) atoms. The molecule has 0 heterocycles. The minimum absolute atomic E-state index is 0.0163. The molecule has 1 aliphatic rings. The number of hydrogen-bond acceptors (Lipinski definition) is 3. The van der Waals surface area contributed by atoms with Gasteiger partial charge in [0, 0.05) is 25.7 Å². The second-order valence-corrected chi connectivity index (χ2v) is 7.46. The maximum atomic E-state index is 12.5. The number of benzene rings is 1. The van der Waals surface area contributed by atoms with Gasteiger partial charge in [0.05, 0.1) is 4.90 Å². The Hall–Kier alpha value is -1.40. The van der Waals surface area contributed by atoms with E-state index >= 15 is 0 Å². The Labute approximate surface area is 126 Å². The molecule has 1 aromatic carbocycles. The van der Waals surface area contributed by atoms with Gasteiger partial charge in [0.2, 0.25) is 10.0 Å². The molecule has 116 valence electrons. The molecule has 1 aliphatic carbocycles. The summed E-state index contributed by atoms with van der Waals surface area (Å²) in [5.74, 6) is -0.202. The summed E-state index contributed by atoms with van der Waals surface area (Å²) in [4.78, 5) is 13.6. The minimum atomic E-state index is -3.58. The van der Waals surface area contributed by atoms with Gasteiger partial charge >= 0.3 is 0 Å². The summed E-state index contributed by atoms with van der Waals surface area (Å²) in [6, 6.07) is 4.82. The van der Waals surface area contributed by atoms with Crippen molar-refractivity contribution >= 4 is 15.9 Å². The number of nitrogens with one attached hydrogen (secondary N) is 1. The van der Waals surface area contributed by atoms with Gasteiger partial charge < -0.3 is 4.90 Å². The van der Waals surface area contributed by atoms with E-state index in [-0.39, 0.29) is 16.8 Å². The summed E-state index contributed by atoms with van der Waals surface area (Å²) >= 11 is 0. The molecule has 0 radical (unpaired) electrons. The van der Waals surface area contributed by atoms with E-state index in [1.54, 1.807) is 33.2 Å². The quantitative estimate of drug-likeness (QED) is 0.924. The molecule has 0 saturated heterocycles. The highest BCUT2D eigenvalue weighted by Crippen LogP contribution is 2.23. The van der Waals surface area contributed by atoms with Gasteiger partial charge in [-0.3, -0.25) is 4.79 Å². The lowest BCUT2D eigenvalue weighted by Gasteiger charge is -2.16. The second kappa shape index (κ2) is 6.15. The summed E-state index contributed by atoms with van der Waals surface area (Å²) in [7, 11) is -0.285. The van der Waals surface area contributed by atoms with Crippen LogP contribution in [0.1, 0.15) is 41.6 Å². The van der Waals surface area contributed by atoms with Gasteiger partial charge in [-0.15, -0.1) is 0 Å². The third-order valence-corrected chi connectivity index (χ3v) is 5.47. The Morgan fingerprint density at radius 1 is 1.24 bits per heavy atom. The van der Waals surface area contributed by atoms with Crippen molar-refractivity contribution < 1.29 is 13.2 Å². The Kier molecular flexibility index (Phi) is 4.68. The molecule has 2 rings (SSSR count). The lowest BCUT2D eigenvalue weighted by molar-refractivity contribution is 0.0827. The molecule has 1 aromatic rings. The molecule has 1 amide bonds. The number of hydrogen-bond donors (Lipinski definition) is 1. The first-order valence-corrected chi connectivity index (χ1v) is 8.64. The zero-order valence-electron chi connectivity index (χ0n) is 12.7. The predicted molar refractivity (Wildman–Crippen MR) is 81.8 cm³/mol. The lowest BCUT2D eigenvalue weighted by Crippen LogP contribution is -2.33. The van der Waals surface area contributed by atoms with Crippen LogP contribution in [0, 0.1) is 6.92 Å². The summed E-state index contributed by atoms with van der Waals surface area (Å²) in [5, 5.41) is 0. The molecule has 0 aromatic heterocycles. The van der Waals surface area contributed by atoms with E-state index in [4.69, 9.17) is 0 Å². The van der Waals surface area contributed by atoms with Crippen LogP contribution >= 0.6 is 0 Å². The fourth-order valence-corrected chi connectivity index (χ4v) is 4.18. The molecule has 0 atom stereocenters. The van der Waals surface area contributed by atoms with Crippen LogP contribution in [0.3, 0.4) is 0 Å². The van der Waals surface area contributed by atoms with Crippen molar-refractivity contribution in [3.63, 3.8) is 0 Å². The van der Waals surface area contributed by atoms with E-state index in [2.05, 4.69) is 4.72 Å². The highest BCUT2D eigenvalue weighted by molar-refractivity contribution is 7.89. The molecule has 5 nitrogen and oxygen atoms in total. The largest absolute Gasteiger partial charge is 0.345 e. The topological polar surface area (TPSA) is 66.5 Å².